The predicted molar refractivity (Wildman–Crippen MR) is 56.7 cm³/mol. The molecule has 0 amide bonds. The largest absolute Gasteiger partial charge is 0.376 e. The van der Waals surface area contributed by atoms with Crippen LogP contribution in [0.15, 0.2) is 18.2 Å². The van der Waals surface area contributed by atoms with Crippen LogP contribution in [0.25, 0.3) is 0 Å². The topological polar surface area (TPSA) is 35.2 Å². The second-order valence-corrected chi connectivity index (χ2v) is 4.05. The van der Waals surface area contributed by atoms with Crippen molar-refractivity contribution in [2.45, 2.75) is 26.0 Å². The highest BCUT2D eigenvalue weighted by Gasteiger charge is 2.21. The Morgan fingerprint density at radius 3 is 2.73 bits per heavy atom. The first-order valence-electron chi connectivity index (χ1n) is 5.35. The predicted octanol–water partition coefficient (Wildman–Crippen LogP) is 2.21. The monoisotopic (exact) mass is 209 g/mol. The Hall–Kier alpha value is -0.930. The van der Waals surface area contributed by atoms with Crippen molar-refractivity contribution in [3.05, 3.63) is 35.1 Å². The van der Waals surface area contributed by atoms with Crippen molar-refractivity contribution >= 4 is 0 Å². The lowest BCUT2D eigenvalue weighted by molar-refractivity contribution is 0.109. The Morgan fingerprint density at radius 1 is 1.33 bits per heavy atom. The average Bonchev–Trinajstić information content (AvgIpc) is 3.04. The van der Waals surface area contributed by atoms with Gasteiger partial charge in [-0.15, -0.1) is 0 Å². The van der Waals surface area contributed by atoms with Crippen molar-refractivity contribution in [3.63, 3.8) is 0 Å². The van der Waals surface area contributed by atoms with Gasteiger partial charge in [0.05, 0.1) is 6.61 Å². The van der Waals surface area contributed by atoms with Gasteiger partial charge in [-0.3, -0.25) is 0 Å². The molecular formula is C12H16FNO. The average molecular weight is 209 g/mol. The first-order valence-corrected chi connectivity index (χ1v) is 5.35. The van der Waals surface area contributed by atoms with Gasteiger partial charge in [-0.25, -0.2) is 4.39 Å². The smallest absolute Gasteiger partial charge is 0.133 e. The third-order valence-electron chi connectivity index (χ3n) is 2.69. The van der Waals surface area contributed by atoms with E-state index in [2.05, 4.69) is 0 Å². The molecule has 0 radical (unpaired) electrons. The van der Waals surface area contributed by atoms with Crippen LogP contribution < -0.4 is 5.73 Å². The lowest BCUT2D eigenvalue weighted by Crippen LogP contribution is -2.04. The van der Waals surface area contributed by atoms with Gasteiger partial charge in [-0.1, -0.05) is 18.2 Å². The summed E-state index contributed by atoms with van der Waals surface area (Å²) >= 11 is 0. The minimum absolute atomic E-state index is 0.212. The van der Waals surface area contributed by atoms with Gasteiger partial charge in [0.25, 0.3) is 0 Å². The van der Waals surface area contributed by atoms with Crippen molar-refractivity contribution in [3.8, 4) is 0 Å². The Balaban J connectivity index is 1.93. The summed E-state index contributed by atoms with van der Waals surface area (Å²) in [7, 11) is 0. The summed E-state index contributed by atoms with van der Waals surface area (Å²) in [6.45, 7) is 1.35. The number of benzene rings is 1. The second kappa shape index (κ2) is 4.73. The summed E-state index contributed by atoms with van der Waals surface area (Å²) in [5.41, 5.74) is 6.59. The first-order chi connectivity index (χ1) is 7.31. The van der Waals surface area contributed by atoms with Gasteiger partial charge < -0.3 is 10.5 Å². The van der Waals surface area contributed by atoms with Crippen LogP contribution in [0.5, 0.6) is 0 Å². The van der Waals surface area contributed by atoms with Crippen molar-refractivity contribution < 1.29 is 9.13 Å². The van der Waals surface area contributed by atoms with Crippen LogP contribution in [0, 0.1) is 11.7 Å². The summed E-state index contributed by atoms with van der Waals surface area (Å²) in [5, 5.41) is 0. The van der Waals surface area contributed by atoms with Gasteiger partial charge in [0.1, 0.15) is 5.82 Å². The number of halogens is 1. The van der Waals surface area contributed by atoms with E-state index < -0.39 is 0 Å². The molecule has 2 rings (SSSR count). The van der Waals surface area contributed by atoms with Crippen LogP contribution in [0.2, 0.25) is 0 Å². The molecule has 1 aliphatic carbocycles. The molecule has 1 fully saturated rings. The fourth-order valence-corrected chi connectivity index (χ4v) is 1.52. The fourth-order valence-electron chi connectivity index (χ4n) is 1.52. The van der Waals surface area contributed by atoms with E-state index in [-0.39, 0.29) is 12.4 Å². The van der Waals surface area contributed by atoms with E-state index in [9.17, 15) is 4.39 Å². The highest BCUT2D eigenvalue weighted by Crippen LogP contribution is 2.29. The maximum absolute atomic E-state index is 13.7. The normalized spacial score (nSPS) is 15.6. The van der Waals surface area contributed by atoms with Gasteiger partial charge in [0, 0.05) is 24.3 Å². The number of nitrogens with two attached hydrogens (primary N) is 1. The third kappa shape index (κ3) is 2.76. The third-order valence-corrected chi connectivity index (χ3v) is 2.69. The quantitative estimate of drug-likeness (QED) is 0.807. The van der Waals surface area contributed by atoms with E-state index in [1.807, 2.05) is 6.07 Å². The Morgan fingerprint density at radius 2 is 2.07 bits per heavy atom. The number of ether oxygens (including phenoxy) is 1. The lowest BCUT2D eigenvalue weighted by atomic mass is 10.1. The number of rotatable bonds is 5. The van der Waals surface area contributed by atoms with E-state index in [1.165, 1.54) is 12.8 Å². The first kappa shape index (κ1) is 10.6. The summed E-state index contributed by atoms with van der Waals surface area (Å²) in [5.74, 6) is 0.501. The molecule has 0 atom stereocenters. The van der Waals surface area contributed by atoms with Crippen molar-refractivity contribution in [2.24, 2.45) is 11.7 Å². The lowest BCUT2D eigenvalue weighted by Gasteiger charge is -2.07. The van der Waals surface area contributed by atoms with Gasteiger partial charge in [0.15, 0.2) is 0 Å². The summed E-state index contributed by atoms with van der Waals surface area (Å²) in [6, 6.07) is 5.28. The minimum atomic E-state index is -0.212. The van der Waals surface area contributed by atoms with E-state index in [0.29, 0.717) is 23.7 Å². The molecular weight excluding hydrogens is 193 g/mol. The van der Waals surface area contributed by atoms with Crippen LogP contribution >= 0.6 is 0 Å². The van der Waals surface area contributed by atoms with Crippen LogP contribution in [-0.2, 0) is 17.9 Å². The van der Waals surface area contributed by atoms with Gasteiger partial charge in [0.2, 0.25) is 0 Å². The molecule has 3 heteroatoms. The molecule has 0 heterocycles. The van der Waals surface area contributed by atoms with Crippen molar-refractivity contribution in [1.29, 1.82) is 0 Å². The fraction of sp³-hybridized carbons (Fsp3) is 0.500. The van der Waals surface area contributed by atoms with Gasteiger partial charge in [-0.05, 0) is 18.8 Å². The van der Waals surface area contributed by atoms with Crippen molar-refractivity contribution in [1.82, 2.24) is 0 Å². The molecule has 0 aromatic heterocycles. The molecule has 15 heavy (non-hydrogen) atoms. The Kier molecular flexibility index (Phi) is 3.34. The highest BCUT2D eigenvalue weighted by molar-refractivity contribution is 5.25. The Labute approximate surface area is 89.2 Å². The molecule has 0 aliphatic heterocycles. The van der Waals surface area contributed by atoms with E-state index in [4.69, 9.17) is 10.5 Å². The second-order valence-electron chi connectivity index (χ2n) is 4.05. The maximum atomic E-state index is 13.7. The summed E-state index contributed by atoms with van der Waals surface area (Å²) < 4.78 is 19.1. The molecule has 1 aromatic carbocycles. The molecule has 1 saturated carbocycles. The number of hydrogen-bond acceptors (Lipinski definition) is 2. The van der Waals surface area contributed by atoms with Crippen LogP contribution in [-0.4, -0.2) is 6.61 Å². The van der Waals surface area contributed by atoms with Gasteiger partial charge in [-0.2, -0.15) is 0 Å². The zero-order chi connectivity index (χ0) is 10.7. The molecule has 0 saturated heterocycles. The molecule has 2 nitrogen and oxygen atoms in total. The van der Waals surface area contributed by atoms with Crippen LogP contribution in [0.1, 0.15) is 24.0 Å². The standard InChI is InChI=1S/C12H16FNO/c13-12-10(6-14)2-1-3-11(12)8-15-7-9-4-5-9/h1-3,9H,4-8,14H2. The summed E-state index contributed by atoms with van der Waals surface area (Å²) in [4.78, 5) is 0. The minimum Gasteiger partial charge on any atom is -0.376 e. The van der Waals surface area contributed by atoms with Crippen LogP contribution in [0.3, 0.4) is 0 Å². The van der Waals surface area contributed by atoms with Gasteiger partial charge >= 0.3 is 0 Å². The SMILES string of the molecule is NCc1cccc(COCC2CC2)c1F. The molecule has 82 valence electrons. The Bertz CT molecular complexity index is 336. The molecule has 2 N–H and O–H groups in total. The molecule has 0 unspecified atom stereocenters. The van der Waals surface area contributed by atoms with E-state index >= 15 is 0 Å². The van der Waals surface area contributed by atoms with E-state index in [0.717, 1.165) is 6.61 Å². The molecule has 1 aliphatic rings. The highest BCUT2D eigenvalue weighted by atomic mass is 19.1. The van der Waals surface area contributed by atoms with Crippen LogP contribution in [0.4, 0.5) is 4.39 Å². The zero-order valence-corrected chi connectivity index (χ0v) is 8.71. The maximum Gasteiger partial charge on any atom is 0.133 e. The molecule has 0 spiro atoms. The number of hydrogen-bond donors (Lipinski definition) is 1. The summed E-state index contributed by atoms with van der Waals surface area (Å²) in [6.07, 6.45) is 2.51. The zero-order valence-electron chi connectivity index (χ0n) is 8.71. The molecule has 0 bridgehead atoms. The van der Waals surface area contributed by atoms with E-state index in [1.54, 1.807) is 12.1 Å². The molecule has 1 aromatic rings. The van der Waals surface area contributed by atoms with Crippen molar-refractivity contribution in [2.75, 3.05) is 6.61 Å².